The van der Waals surface area contributed by atoms with Crippen LogP contribution in [0.25, 0.3) is 10.2 Å². The number of benzene rings is 2. The number of carbonyl (C=O) groups excluding carboxylic acids is 2. The molecule has 0 bridgehead atoms. The molecule has 0 N–H and O–H groups in total. The van der Waals surface area contributed by atoms with E-state index in [9.17, 15) is 9.59 Å². The molecule has 28 heavy (non-hydrogen) atoms. The predicted molar refractivity (Wildman–Crippen MR) is 118 cm³/mol. The minimum Gasteiger partial charge on any atom is -0.465 e. The normalized spacial score (nSPS) is 11.8. The molecule has 0 radical (unpaired) electrons. The maximum Gasteiger partial charge on any atom is 0.337 e. The molecule has 0 aliphatic carbocycles. The number of methoxy groups -OCH3 is 1. The smallest absolute Gasteiger partial charge is 0.337 e. The number of amides is 1. The van der Waals surface area contributed by atoms with Gasteiger partial charge < -0.3 is 9.30 Å². The van der Waals surface area contributed by atoms with Gasteiger partial charge in [-0.05, 0) is 55.0 Å². The van der Waals surface area contributed by atoms with Crippen molar-refractivity contribution in [1.82, 2.24) is 4.57 Å². The highest BCUT2D eigenvalue weighted by atomic mass is 32.2. The molecule has 2 aromatic carbocycles. The van der Waals surface area contributed by atoms with Crippen molar-refractivity contribution in [1.29, 1.82) is 0 Å². The van der Waals surface area contributed by atoms with Gasteiger partial charge in [0.15, 0.2) is 4.80 Å². The molecular weight excluding hydrogens is 412 g/mol. The summed E-state index contributed by atoms with van der Waals surface area (Å²) in [5, 5.41) is 0. The highest BCUT2D eigenvalue weighted by molar-refractivity contribution is 7.98. The Bertz CT molecular complexity index is 1070. The molecule has 3 aromatic rings. The number of aromatic nitrogens is 1. The second-order valence-electron chi connectivity index (χ2n) is 5.85. The van der Waals surface area contributed by atoms with Crippen LogP contribution in [0.4, 0.5) is 0 Å². The molecule has 0 saturated heterocycles. The van der Waals surface area contributed by atoms with E-state index < -0.39 is 0 Å². The fourth-order valence-electron chi connectivity index (χ4n) is 2.69. The molecule has 0 unspecified atom stereocenters. The number of hydrogen-bond donors (Lipinski definition) is 0. The van der Waals surface area contributed by atoms with Crippen molar-refractivity contribution in [3.63, 3.8) is 0 Å². The van der Waals surface area contributed by atoms with Gasteiger partial charge in [-0.25, -0.2) is 4.79 Å². The fraction of sp³-hybridized carbons (Fsp3) is 0.250. The number of nitrogens with zero attached hydrogens (tertiary/aromatic N) is 2. The Hall–Kier alpha value is -2.03. The number of esters is 1. The summed E-state index contributed by atoms with van der Waals surface area (Å²) in [5.74, 6) is 0.244. The molecule has 8 heteroatoms. The third-order valence-electron chi connectivity index (χ3n) is 4.16. The van der Waals surface area contributed by atoms with Crippen LogP contribution in [-0.4, -0.2) is 41.8 Å². The van der Waals surface area contributed by atoms with Gasteiger partial charge in [0.25, 0.3) is 5.91 Å². The molecule has 0 aliphatic heterocycles. The quantitative estimate of drug-likeness (QED) is 0.429. The van der Waals surface area contributed by atoms with Crippen LogP contribution < -0.4 is 4.80 Å². The number of aryl methyl sites for hydroxylation is 1. The number of fused-ring (bicyclic) bond motifs is 1. The zero-order valence-electron chi connectivity index (χ0n) is 15.8. The van der Waals surface area contributed by atoms with Gasteiger partial charge in [0.1, 0.15) is 0 Å². The van der Waals surface area contributed by atoms with Gasteiger partial charge in [-0.1, -0.05) is 11.3 Å². The third kappa shape index (κ3) is 4.51. The van der Waals surface area contributed by atoms with E-state index in [2.05, 4.69) is 4.99 Å². The molecule has 0 saturated carbocycles. The van der Waals surface area contributed by atoms with Crippen molar-refractivity contribution >= 4 is 57.0 Å². The van der Waals surface area contributed by atoms with Crippen LogP contribution >= 0.6 is 34.9 Å². The van der Waals surface area contributed by atoms with E-state index in [1.165, 1.54) is 18.4 Å². The highest BCUT2D eigenvalue weighted by Gasteiger charge is 2.12. The van der Waals surface area contributed by atoms with Gasteiger partial charge in [-0.15, -0.1) is 11.8 Å². The first-order valence-corrected chi connectivity index (χ1v) is 11.9. The fourth-order valence-corrected chi connectivity index (χ4v) is 4.55. The second kappa shape index (κ2) is 9.45. The number of thiazole rings is 1. The van der Waals surface area contributed by atoms with E-state index in [0.29, 0.717) is 15.9 Å². The Morgan fingerprint density at radius 2 is 1.82 bits per heavy atom. The molecule has 1 aromatic heterocycles. The van der Waals surface area contributed by atoms with Crippen molar-refractivity contribution in [2.75, 3.05) is 25.4 Å². The monoisotopic (exact) mass is 432 g/mol. The lowest BCUT2D eigenvalue weighted by Crippen LogP contribution is -2.18. The van der Waals surface area contributed by atoms with E-state index in [1.807, 2.05) is 35.3 Å². The lowest BCUT2D eigenvalue weighted by Gasteiger charge is -2.04. The maximum absolute atomic E-state index is 12.7. The first-order chi connectivity index (χ1) is 13.6. The van der Waals surface area contributed by atoms with Crippen LogP contribution in [0.2, 0.25) is 0 Å². The van der Waals surface area contributed by atoms with Crippen LogP contribution in [0.3, 0.4) is 0 Å². The number of ether oxygens (including phenoxy) is 1. The standard InChI is InChI=1S/C20H20N2O3S3/c1-25-19(24)14-6-9-16-17(12-14)28-20(22(16)10-11-26-2)21-18(23)13-4-7-15(27-3)8-5-13/h4-9,12H,10-11H2,1-3H3. The SMILES string of the molecule is COC(=O)c1ccc2c(c1)sc(=NC(=O)c1ccc(SC)cc1)n2CCSC. The third-order valence-corrected chi connectivity index (χ3v) is 6.53. The molecule has 0 aliphatic rings. The van der Waals surface area contributed by atoms with Crippen molar-refractivity contribution < 1.29 is 14.3 Å². The van der Waals surface area contributed by atoms with Crippen LogP contribution in [-0.2, 0) is 11.3 Å². The zero-order valence-corrected chi connectivity index (χ0v) is 18.2. The van der Waals surface area contributed by atoms with Gasteiger partial charge in [0.05, 0.1) is 22.9 Å². The topological polar surface area (TPSA) is 60.7 Å². The summed E-state index contributed by atoms with van der Waals surface area (Å²) in [5.41, 5.74) is 2.00. The van der Waals surface area contributed by atoms with E-state index in [1.54, 1.807) is 47.8 Å². The Kier molecular flexibility index (Phi) is 6.98. The van der Waals surface area contributed by atoms with Gasteiger partial charge in [-0.2, -0.15) is 16.8 Å². The summed E-state index contributed by atoms with van der Waals surface area (Å²) in [4.78, 5) is 30.6. The van der Waals surface area contributed by atoms with Crippen LogP contribution in [0.5, 0.6) is 0 Å². The number of carbonyl (C=O) groups is 2. The predicted octanol–water partition coefficient (Wildman–Crippen LogP) is 4.32. The van der Waals surface area contributed by atoms with Crippen molar-refractivity contribution in [2.45, 2.75) is 11.4 Å². The average molecular weight is 433 g/mol. The molecular formula is C20H20N2O3S3. The van der Waals surface area contributed by atoms with Gasteiger partial charge in [0.2, 0.25) is 0 Å². The molecule has 1 amide bonds. The maximum atomic E-state index is 12.7. The summed E-state index contributed by atoms with van der Waals surface area (Å²) in [6.07, 6.45) is 4.04. The first-order valence-electron chi connectivity index (χ1n) is 8.51. The van der Waals surface area contributed by atoms with Crippen LogP contribution in [0.1, 0.15) is 20.7 Å². The summed E-state index contributed by atoms with van der Waals surface area (Å²) in [6.45, 7) is 0.732. The van der Waals surface area contributed by atoms with Gasteiger partial charge >= 0.3 is 5.97 Å². The number of thioether (sulfide) groups is 2. The van der Waals surface area contributed by atoms with Crippen LogP contribution in [0, 0.1) is 0 Å². The highest BCUT2D eigenvalue weighted by Crippen LogP contribution is 2.21. The molecule has 146 valence electrons. The Morgan fingerprint density at radius 3 is 2.46 bits per heavy atom. The van der Waals surface area contributed by atoms with E-state index in [4.69, 9.17) is 4.74 Å². The Morgan fingerprint density at radius 1 is 1.11 bits per heavy atom. The molecule has 0 fully saturated rings. The second-order valence-corrected chi connectivity index (χ2v) is 8.72. The molecule has 5 nitrogen and oxygen atoms in total. The number of rotatable bonds is 6. The van der Waals surface area contributed by atoms with Crippen molar-refractivity contribution in [3.8, 4) is 0 Å². The first kappa shape index (κ1) is 20.7. The van der Waals surface area contributed by atoms with Gasteiger partial charge in [-0.3, -0.25) is 4.79 Å². The number of hydrogen-bond acceptors (Lipinski definition) is 6. The summed E-state index contributed by atoms with van der Waals surface area (Å²) in [7, 11) is 1.36. The van der Waals surface area contributed by atoms with E-state index in [0.717, 1.165) is 27.4 Å². The summed E-state index contributed by atoms with van der Waals surface area (Å²) >= 11 is 4.76. The van der Waals surface area contributed by atoms with E-state index >= 15 is 0 Å². The van der Waals surface area contributed by atoms with Gasteiger partial charge in [0, 0.05) is 22.8 Å². The molecule has 3 rings (SSSR count). The summed E-state index contributed by atoms with van der Waals surface area (Å²) in [6, 6.07) is 12.8. The lowest BCUT2D eigenvalue weighted by molar-refractivity contribution is 0.0601. The Balaban J connectivity index is 2.07. The van der Waals surface area contributed by atoms with Crippen molar-refractivity contribution in [2.24, 2.45) is 4.99 Å². The molecule has 1 heterocycles. The summed E-state index contributed by atoms with van der Waals surface area (Å²) < 4.78 is 7.73. The lowest BCUT2D eigenvalue weighted by atomic mass is 10.2. The average Bonchev–Trinajstić information content (AvgIpc) is 3.07. The van der Waals surface area contributed by atoms with Crippen molar-refractivity contribution in [3.05, 3.63) is 58.4 Å². The molecule has 0 atom stereocenters. The largest absolute Gasteiger partial charge is 0.465 e. The Labute approximate surface area is 175 Å². The zero-order chi connectivity index (χ0) is 20.1. The van der Waals surface area contributed by atoms with Crippen LogP contribution in [0.15, 0.2) is 52.4 Å². The minimum atomic E-state index is -0.380. The van der Waals surface area contributed by atoms with E-state index in [-0.39, 0.29) is 11.9 Å². The minimum absolute atomic E-state index is 0.273. The molecule has 0 spiro atoms.